The molecule has 3 N–H and O–H groups in total. The van der Waals surface area contributed by atoms with Crippen LogP contribution in [-0.2, 0) is 17.6 Å². The van der Waals surface area contributed by atoms with Crippen molar-refractivity contribution in [3.8, 4) is 0 Å². The molecule has 0 bridgehead atoms. The summed E-state index contributed by atoms with van der Waals surface area (Å²) in [7, 11) is 0. The summed E-state index contributed by atoms with van der Waals surface area (Å²) >= 11 is 6.03. The molecule has 28 heavy (non-hydrogen) atoms. The van der Waals surface area contributed by atoms with Crippen molar-refractivity contribution in [1.29, 1.82) is 0 Å². The van der Waals surface area contributed by atoms with Crippen LogP contribution in [0.25, 0.3) is 0 Å². The molecule has 0 unspecified atom stereocenters. The molecule has 3 rings (SSSR count). The fourth-order valence-corrected chi connectivity index (χ4v) is 5.17. The number of nitrogens with one attached hydrogen (secondary N) is 3. The number of anilines is 1. The Bertz CT molecular complexity index is 864. The van der Waals surface area contributed by atoms with Crippen LogP contribution in [-0.4, -0.2) is 41.0 Å². The minimum atomic E-state index is -0.477. The summed E-state index contributed by atoms with van der Waals surface area (Å²) in [4.78, 5) is 26.1. The highest BCUT2D eigenvalue weighted by Crippen LogP contribution is 2.25. The molecule has 0 saturated heterocycles. The molecule has 3 amide bonds. The van der Waals surface area contributed by atoms with E-state index >= 15 is 0 Å². The second kappa shape index (κ2) is 11.1. The van der Waals surface area contributed by atoms with E-state index in [1.165, 1.54) is 32.9 Å². The van der Waals surface area contributed by atoms with Crippen molar-refractivity contribution in [3.05, 3.63) is 44.8 Å². The molecule has 3 heterocycles. The molecule has 3 aromatic heterocycles. The Balaban J connectivity index is 1.29. The smallest absolute Gasteiger partial charge is 0.321 e. The Labute approximate surface area is 179 Å². The Hall–Kier alpha value is -1.95. The van der Waals surface area contributed by atoms with Crippen LogP contribution >= 0.6 is 45.8 Å². The Morgan fingerprint density at radius 2 is 1.71 bits per heavy atom. The van der Waals surface area contributed by atoms with Crippen LogP contribution in [0.2, 0.25) is 0 Å². The predicted molar refractivity (Wildman–Crippen MR) is 117 cm³/mol. The standard InChI is InChI=1S/C17H19N5O2S4/c23-14(20-15(24)18-7-5-12-3-1-9-25-12)11-27-17-22-21-16(28-17)19-8-6-13-4-2-10-26-13/h1-4,9-10H,5-8,11H2,(H,19,21)(H2,18,20,23,24). The maximum Gasteiger partial charge on any atom is 0.321 e. The van der Waals surface area contributed by atoms with E-state index < -0.39 is 6.03 Å². The first kappa shape index (κ1) is 20.8. The van der Waals surface area contributed by atoms with Crippen molar-refractivity contribution in [2.24, 2.45) is 0 Å². The van der Waals surface area contributed by atoms with Gasteiger partial charge < -0.3 is 10.6 Å². The topological polar surface area (TPSA) is 96.0 Å². The van der Waals surface area contributed by atoms with Crippen molar-refractivity contribution in [1.82, 2.24) is 20.8 Å². The maximum atomic E-state index is 11.9. The molecule has 7 nitrogen and oxygen atoms in total. The normalized spacial score (nSPS) is 10.6. The predicted octanol–water partition coefficient (Wildman–Crippen LogP) is 3.48. The number of imide groups is 1. The first-order valence-corrected chi connectivity index (χ1v) is 12.1. The Morgan fingerprint density at radius 3 is 2.39 bits per heavy atom. The number of carbonyl (C=O) groups excluding carboxylic acids is 2. The van der Waals surface area contributed by atoms with Crippen LogP contribution in [0.4, 0.5) is 9.93 Å². The number of urea groups is 1. The molecule has 0 fully saturated rings. The molecule has 0 saturated carbocycles. The van der Waals surface area contributed by atoms with Gasteiger partial charge in [0.05, 0.1) is 5.75 Å². The number of thiophene rings is 2. The third kappa shape index (κ3) is 7.23. The van der Waals surface area contributed by atoms with Crippen molar-refractivity contribution in [2.75, 3.05) is 24.2 Å². The molecule has 0 aliphatic rings. The fourth-order valence-electron chi connectivity index (χ4n) is 2.18. The number of aromatic nitrogens is 2. The number of hydrogen-bond acceptors (Lipinski definition) is 9. The molecule has 148 valence electrons. The highest BCUT2D eigenvalue weighted by molar-refractivity contribution is 8.01. The molecule has 0 aliphatic carbocycles. The monoisotopic (exact) mass is 453 g/mol. The van der Waals surface area contributed by atoms with Crippen LogP contribution in [0.1, 0.15) is 9.75 Å². The van der Waals surface area contributed by atoms with Crippen LogP contribution in [0.5, 0.6) is 0 Å². The summed E-state index contributed by atoms with van der Waals surface area (Å²) in [6.07, 6.45) is 1.69. The quantitative estimate of drug-likeness (QED) is 0.407. The van der Waals surface area contributed by atoms with Gasteiger partial charge in [0.2, 0.25) is 11.0 Å². The third-order valence-electron chi connectivity index (χ3n) is 3.45. The number of hydrogen-bond donors (Lipinski definition) is 3. The van der Waals surface area contributed by atoms with E-state index in [0.717, 1.165) is 24.5 Å². The number of carbonyl (C=O) groups is 2. The van der Waals surface area contributed by atoms with E-state index in [-0.39, 0.29) is 11.7 Å². The number of thioether (sulfide) groups is 1. The maximum absolute atomic E-state index is 11.9. The molecule has 3 aromatic rings. The fraction of sp³-hybridized carbons (Fsp3) is 0.294. The molecule has 0 radical (unpaired) electrons. The van der Waals surface area contributed by atoms with Crippen molar-refractivity contribution in [3.63, 3.8) is 0 Å². The SMILES string of the molecule is O=C(CSc1nnc(NCCc2cccs2)s1)NC(=O)NCCc1cccs1. The first-order valence-electron chi connectivity index (χ1n) is 8.51. The third-order valence-corrected chi connectivity index (χ3v) is 7.34. The van der Waals surface area contributed by atoms with Crippen molar-refractivity contribution < 1.29 is 9.59 Å². The number of nitrogens with zero attached hydrogens (tertiary/aromatic N) is 2. The van der Waals surface area contributed by atoms with Gasteiger partial charge in [-0.2, -0.15) is 0 Å². The number of amides is 3. The van der Waals surface area contributed by atoms with Gasteiger partial charge in [-0.3, -0.25) is 10.1 Å². The van der Waals surface area contributed by atoms with Gasteiger partial charge in [-0.05, 0) is 35.7 Å². The second-order valence-corrected chi connectivity index (χ2v) is 9.82. The summed E-state index contributed by atoms with van der Waals surface area (Å²) in [6, 6.07) is 7.65. The minimum Gasteiger partial charge on any atom is -0.360 e. The molecule has 11 heteroatoms. The average molecular weight is 454 g/mol. The molecular formula is C17H19N5O2S4. The highest BCUT2D eigenvalue weighted by Gasteiger charge is 2.11. The van der Waals surface area contributed by atoms with Gasteiger partial charge in [0, 0.05) is 22.8 Å². The molecule has 0 aliphatic heterocycles. The molecule has 0 aromatic carbocycles. The van der Waals surface area contributed by atoms with Gasteiger partial charge in [-0.15, -0.1) is 32.9 Å². The van der Waals surface area contributed by atoms with E-state index in [9.17, 15) is 9.59 Å². The van der Waals surface area contributed by atoms with Crippen LogP contribution in [0, 0.1) is 0 Å². The summed E-state index contributed by atoms with van der Waals surface area (Å²) in [5.41, 5.74) is 0. The molecule has 0 spiro atoms. The van der Waals surface area contributed by atoms with E-state index in [1.807, 2.05) is 23.6 Å². The molecular weight excluding hydrogens is 434 g/mol. The van der Waals surface area contributed by atoms with E-state index in [4.69, 9.17) is 0 Å². The summed E-state index contributed by atoms with van der Waals surface area (Å²) < 4.78 is 0.687. The van der Waals surface area contributed by atoms with E-state index in [1.54, 1.807) is 22.7 Å². The second-order valence-electron chi connectivity index (χ2n) is 5.55. The van der Waals surface area contributed by atoms with Crippen molar-refractivity contribution in [2.45, 2.75) is 17.2 Å². The van der Waals surface area contributed by atoms with Crippen molar-refractivity contribution >= 4 is 62.8 Å². The lowest BCUT2D eigenvalue weighted by atomic mass is 10.3. The zero-order valence-electron chi connectivity index (χ0n) is 14.8. The lowest BCUT2D eigenvalue weighted by molar-refractivity contribution is -0.117. The van der Waals surface area contributed by atoms with Crippen LogP contribution in [0.15, 0.2) is 39.4 Å². The zero-order chi connectivity index (χ0) is 19.6. The van der Waals surface area contributed by atoms with Gasteiger partial charge in [0.15, 0.2) is 4.34 Å². The minimum absolute atomic E-state index is 0.113. The zero-order valence-corrected chi connectivity index (χ0v) is 18.1. The van der Waals surface area contributed by atoms with E-state index in [0.29, 0.717) is 10.9 Å². The lowest BCUT2D eigenvalue weighted by Crippen LogP contribution is -2.41. The highest BCUT2D eigenvalue weighted by atomic mass is 32.2. The first-order chi connectivity index (χ1) is 13.7. The Morgan fingerprint density at radius 1 is 1.00 bits per heavy atom. The summed E-state index contributed by atoms with van der Waals surface area (Å²) in [5.74, 6) is -0.247. The largest absolute Gasteiger partial charge is 0.360 e. The molecule has 0 atom stereocenters. The summed E-state index contributed by atoms with van der Waals surface area (Å²) in [6.45, 7) is 1.27. The van der Waals surface area contributed by atoms with Gasteiger partial charge in [-0.1, -0.05) is 35.2 Å². The lowest BCUT2D eigenvalue weighted by Gasteiger charge is -2.05. The van der Waals surface area contributed by atoms with Gasteiger partial charge in [0.1, 0.15) is 0 Å². The van der Waals surface area contributed by atoms with Gasteiger partial charge in [0.25, 0.3) is 0 Å². The van der Waals surface area contributed by atoms with E-state index in [2.05, 4.69) is 37.6 Å². The van der Waals surface area contributed by atoms with Crippen LogP contribution in [0.3, 0.4) is 0 Å². The number of rotatable bonds is 10. The van der Waals surface area contributed by atoms with Crippen LogP contribution < -0.4 is 16.0 Å². The van der Waals surface area contributed by atoms with Gasteiger partial charge in [-0.25, -0.2) is 4.79 Å². The average Bonchev–Trinajstić information content (AvgIpc) is 3.43. The van der Waals surface area contributed by atoms with Gasteiger partial charge >= 0.3 is 6.03 Å². The summed E-state index contributed by atoms with van der Waals surface area (Å²) in [5, 5.41) is 21.1. The Kier molecular flexibility index (Phi) is 8.27.